The van der Waals surface area contributed by atoms with E-state index in [0.29, 0.717) is 12.0 Å². The molecule has 24 heavy (non-hydrogen) atoms. The molecule has 0 aliphatic carbocycles. The van der Waals surface area contributed by atoms with Gasteiger partial charge in [0.2, 0.25) is 0 Å². The third-order valence-corrected chi connectivity index (χ3v) is 6.49. The van der Waals surface area contributed by atoms with Crippen LogP contribution in [0.25, 0.3) is 0 Å². The van der Waals surface area contributed by atoms with Gasteiger partial charge in [0.05, 0.1) is 11.3 Å². The van der Waals surface area contributed by atoms with Gasteiger partial charge in [0.15, 0.2) is 15.8 Å². The van der Waals surface area contributed by atoms with Gasteiger partial charge in [0.1, 0.15) is 0 Å². The van der Waals surface area contributed by atoms with E-state index < -0.39 is 14.6 Å². The molecule has 0 aromatic carbocycles. The molecule has 1 unspecified atom stereocenters. The molecular formula is C17H38N4O2S. The quantitative estimate of drug-likeness (QED) is 0.434. The Kier molecular flexibility index (Phi) is 10.6. The number of hydrogen-bond acceptors (Lipinski definition) is 4. The van der Waals surface area contributed by atoms with Crippen LogP contribution in [0.5, 0.6) is 0 Å². The number of aliphatic imine (C=N–C) groups is 1. The Balaban J connectivity index is 4.59. The predicted molar refractivity (Wildman–Crippen MR) is 105 cm³/mol. The maximum absolute atomic E-state index is 11.8. The number of guanidine groups is 1. The number of rotatable bonds is 11. The molecular weight excluding hydrogens is 324 g/mol. The molecule has 0 aromatic heterocycles. The fourth-order valence-corrected chi connectivity index (χ4v) is 2.47. The molecule has 0 aliphatic rings. The van der Waals surface area contributed by atoms with Gasteiger partial charge in [0.25, 0.3) is 0 Å². The van der Waals surface area contributed by atoms with Gasteiger partial charge >= 0.3 is 0 Å². The topological polar surface area (TPSA) is 73.8 Å². The molecule has 1 atom stereocenters. The molecule has 2 N–H and O–H groups in total. The highest BCUT2D eigenvalue weighted by Crippen LogP contribution is 2.15. The zero-order chi connectivity index (χ0) is 18.8. The van der Waals surface area contributed by atoms with Crippen molar-refractivity contribution >= 4 is 15.8 Å². The minimum Gasteiger partial charge on any atom is -0.357 e. The van der Waals surface area contributed by atoms with E-state index in [0.717, 1.165) is 39.0 Å². The van der Waals surface area contributed by atoms with E-state index >= 15 is 0 Å². The van der Waals surface area contributed by atoms with Crippen LogP contribution >= 0.6 is 0 Å². The first-order valence-corrected chi connectivity index (χ1v) is 10.9. The predicted octanol–water partition coefficient (Wildman–Crippen LogP) is 1.88. The highest BCUT2D eigenvalue weighted by molar-refractivity contribution is 7.92. The van der Waals surface area contributed by atoms with Crippen LogP contribution < -0.4 is 10.6 Å². The van der Waals surface area contributed by atoms with Gasteiger partial charge in [-0.1, -0.05) is 13.8 Å². The summed E-state index contributed by atoms with van der Waals surface area (Å²) in [5.41, 5.74) is 0. The van der Waals surface area contributed by atoms with Crippen molar-refractivity contribution in [1.82, 2.24) is 15.5 Å². The monoisotopic (exact) mass is 362 g/mol. The van der Waals surface area contributed by atoms with Gasteiger partial charge in [0, 0.05) is 18.8 Å². The maximum atomic E-state index is 11.8. The van der Waals surface area contributed by atoms with Crippen LogP contribution in [0.3, 0.4) is 0 Å². The van der Waals surface area contributed by atoms with E-state index in [4.69, 9.17) is 0 Å². The van der Waals surface area contributed by atoms with Crippen molar-refractivity contribution in [1.29, 1.82) is 0 Å². The van der Waals surface area contributed by atoms with Crippen LogP contribution in [0.2, 0.25) is 0 Å². The van der Waals surface area contributed by atoms with E-state index in [1.807, 2.05) is 6.92 Å². The summed E-state index contributed by atoms with van der Waals surface area (Å²) in [7, 11) is -3.14. The van der Waals surface area contributed by atoms with Crippen molar-refractivity contribution in [2.75, 3.05) is 39.0 Å². The summed E-state index contributed by atoms with van der Waals surface area (Å²) in [6, 6.07) is 0.291. The van der Waals surface area contributed by atoms with Crippen molar-refractivity contribution in [2.45, 2.75) is 65.2 Å². The second kappa shape index (κ2) is 10.9. The lowest BCUT2D eigenvalue weighted by atomic mass is 10.2. The van der Waals surface area contributed by atoms with Crippen molar-refractivity contribution < 1.29 is 8.42 Å². The number of hydrogen-bond donors (Lipinski definition) is 2. The number of nitrogens with zero attached hydrogens (tertiary/aromatic N) is 2. The molecule has 7 heteroatoms. The Morgan fingerprint density at radius 1 is 1.21 bits per heavy atom. The van der Waals surface area contributed by atoms with E-state index in [9.17, 15) is 8.42 Å². The first-order valence-electron chi connectivity index (χ1n) is 9.04. The van der Waals surface area contributed by atoms with Crippen LogP contribution in [0.4, 0.5) is 0 Å². The molecule has 0 aliphatic heterocycles. The molecule has 0 heterocycles. The van der Waals surface area contributed by atoms with Gasteiger partial charge < -0.3 is 15.5 Å². The molecule has 6 nitrogen and oxygen atoms in total. The van der Waals surface area contributed by atoms with Crippen molar-refractivity contribution in [2.24, 2.45) is 4.99 Å². The van der Waals surface area contributed by atoms with Gasteiger partial charge in [-0.05, 0) is 60.2 Å². The van der Waals surface area contributed by atoms with E-state index in [-0.39, 0.29) is 6.54 Å². The third-order valence-electron chi connectivity index (χ3n) is 4.35. The van der Waals surface area contributed by atoms with Crippen LogP contribution in [0.1, 0.15) is 54.4 Å². The summed E-state index contributed by atoms with van der Waals surface area (Å²) in [6.07, 6.45) is 3.44. The van der Waals surface area contributed by atoms with E-state index in [1.54, 1.807) is 13.8 Å². The Morgan fingerprint density at radius 3 is 2.25 bits per heavy atom. The Labute approximate surface area is 149 Å². The number of nitrogens with one attached hydrogen (secondary N) is 2. The van der Waals surface area contributed by atoms with Crippen LogP contribution in [-0.4, -0.2) is 69.0 Å². The zero-order valence-electron chi connectivity index (χ0n) is 16.6. The van der Waals surface area contributed by atoms with Crippen molar-refractivity contribution in [3.05, 3.63) is 0 Å². The molecule has 0 rings (SSSR count). The van der Waals surface area contributed by atoms with E-state index in [2.05, 4.69) is 41.3 Å². The zero-order valence-corrected chi connectivity index (χ0v) is 17.5. The molecule has 0 saturated carbocycles. The van der Waals surface area contributed by atoms with E-state index in [1.165, 1.54) is 6.26 Å². The third kappa shape index (κ3) is 8.87. The summed E-state index contributed by atoms with van der Waals surface area (Å²) >= 11 is 0. The lowest BCUT2D eigenvalue weighted by molar-refractivity contribution is 0.292. The average Bonchev–Trinajstić information content (AvgIpc) is 2.48. The first kappa shape index (κ1) is 23.2. The summed E-state index contributed by atoms with van der Waals surface area (Å²) in [5.74, 6) is 0.685. The summed E-state index contributed by atoms with van der Waals surface area (Å²) in [4.78, 5) is 6.89. The number of sulfone groups is 1. The summed E-state index contributed by atoms with van der Waals surface area (Å²) in [6.45, 7) is 16.2. The minimum absolute atomic E-state index is 0.243. The van der Waals surface area contributed by atoms with Gasteiger partial charge in [-0.15, -0.1) is 0 Å². The molecule has 0 amide bonds. The Morgan fingerprint density at radius 2 is 1.79 bits per heavy atom. The molecule has 0 spiro atoms. The highest BCUT2D eigenvalue weighted by Gasteiger charge is 2.30. The van der Waals surface area contributed by atoms with Crippen LogP contribution in [0, 0.1) is 0 Å². The minimum atomic E-state index is -3.14. The van der Waals surface area contributed by atoms with Crippen LogP contribution in [0.15, 0.2) is 4.99 Å². The Bertz CT molecular complexity index is 471. The van der Waals surface area contributed by atoms with Crippen LogP contribution in [-0.2, 0) is 9.84 Å². The summed E-state index contributed by atoms with van der Waals surface area (Å²) in [5, 5.41) is 6.57. The SMILES string of the molecule is CCNC(=NCC(C)(C)S(C)(=O)=O)NC(C)CCCN(CC)CC. The van der Waals surface area contributed by atoms with Crippen molar-refractivity contribution in [3.8, 4) is 0 Å². The van der Waals surface area contributed by atoms with Gasteiger partial charge in [-0.3, -0.25) is 4.99 Å². The normalized spacial score (nSPS) is 14.8. The fraction of sp³-hybridized carbons (Fsp3) is 0.941. The molecule has 0 saturated heterocycles. The molecule has 0 aromatic rings. The second-order valence-corrected chi connectivity index (χ2v) is 9.59. The molecule has 144 valence electrons. The largest absolute Gasteiger partial charge is 0.357 e. The highest BCUT2D eigenvalue weighted by atomic mass is 32.2. The fourth-order valence-electron chi connectivity index (χ4n) is 2.17. The first-order chi connectivity index (χ1) is 11.1. The maximum Gasteiger partial charge on any atom is 0.191 e. The standard InChI is InChI=1S/C17H38N4O2S/c1-8-18-16(19-14-17(5,6)24(7,22)23)20-15(4)12-11-13-21(9-2)10-3/h15H,8-14H2,1-7H3,(H2,18,19,20). The smallest absolute Gasteiger partial charge is 0.191 e. The van der Waals surface area contributed by atoms with Crippen molar-refractivity contribution in [3.63, 3.8) is 0 Å². The lowest BCUT2D eigenvalue weighted by Crippen LogP contribution is -2.44. The summed E-state index contributed by atoms with van der Waals surface area (Å²) < 4.78 is 22.7. The second-order valence-electron chi connectivity index (χ2n) is 6.94. The molecule has 0 bridgehead atoms. The molecule has 0 radical (unpaired) electrons. The molecule has 0 fully saturated rings. The van der Waals surface area contributed by atoms with Gasteiger partial charge in [-0.25, -0.2) is 8.42 Å². The lowest BCUT2D eigenvalue weighted by Gasteiger charge is -2.23. The average molecular weight is 363 g/mol. The van der Waals surface area contributed by atoms with Gasteiger partial charge in [-0.2, -0.15) is 0 Å². The Hall–Kier alpha value is -0.820.